The van der Waals surface area contributed by atoms with Gasteiger partial charge in [0, 0.05) is 0 Å². The largest absolute Gasteiger partial charge is 3.00 e. The van der Waals surface area contributed by atoms with Crippen molar-refractivity contribution in [3.05, 3.63) is 91.0 Å². The van der Waals surface area contributed by atoms with Crippen molar-refractivity contribution in [3.63, 3.8) is 0 Å². The van der Waals surface area contributed by atoms with Crippen LogP contribution in [0.5, 0.6) is 0 Å². The van der Waals surface area contributed by atoms with Gasteiger partial charge in [-0.25, -0.2) is 25.3 Å². The van der Waals surface area contributed by atoms with Gasteiger partial charge in [0.1, 0.15) is 30.4 Å². The van der Waals surface area contributed by atoms with E-state index in [0.717, 1.165) is 0 Å². The normalized spacial score (nSPS) is 10.9. The van der Waals surface area contributed by atoms with E-state index in [-0.39, 0.29) is 53.3 Å². The Balaban J connectivity index is 0.000000429. The van der Waals surface area contributed by atoms with Gasteiger partial charge in [-0.05, 0) is 36.4 Å². The molecule has 0 bridgehead atoms. The Kier molecular flexibility index (Phi) is 12.7. The van der Waals surface area contributed by atoms with Crippen molar-refractivity contribution in [2.24, 2.45) is 0 Å². The first-order chi connectivity index (χ1) is 13.8. The number of hydrogen-bond acceptors (Lipinski definition) is 9. The van der Waals surface area contributed by atoms with Crippen LogP contribution in [-0.4, -0.2) is 38.9 Å². The molecule has 3 rings (SSSR count). The average Bonchev–Trinajstić information content (AvgIpc) is 2.69. The minimum Gasteiger partial charge on any atom is -0.744 e. The van der Waals surface area contributed by atoms with E-state index in [0.29, 0.717) is 0 Å². The molecule has 0 atom stereocenters. The first-order valence-corrected chi connectivity index (χ1v) is 12.1. The number of benzene rings is 3. The molecule has 0 saturated carbocycles. The van der Waals surface area contributed by atoms with Crippen molar-refractivity contribution in [1.82, 2.24) is 0 Å². The topological polar surface area (TPSA) is 172 Å². The maximum atomic E-state index is 10.3. The molecule has 0 fully saturated rings. The molecule has 9 nitrogen and oxygen atoms in total. The van der Waals surface area contributed by atoms with Crippen LogP contribution < -0.4 is 0 Å². The monoisotopic (exact) mass is 630 g/mol. The third kappa shape index (κ3) is 12.3. The summed E-state index contributed by atoms with van der Waals surface area (Å²) in [5.41, 5.74) is 0. The van der Waals surface area contributed by atoms with E-state index in [1.54, 1.807) is 18.2 Å². The second kappa shape index (κ2) is 13.3. The van der Waals surface area contributed by atoms with Crippen LogP contribution in [0.25, 0.3) is 0 Å². The van der Waals surface area contributed by atoms with E-state index in [4.69, 9.17) is 0 Å². The standard InChI is InChI=1S/3C6H6O3S.Tb/c3*7-10(8,9)6-4-2-1-3-5-6;/h3*1-5H,(H,7,8,9);/q;;;+3/p-3. The fraction of sp³-hybridized carbons (Fsp3) is 0. The molecule has 3 aromatic rings. The van der Waals surface area contributed by atoms with E-state index < -0.39 is 30.4 Å². The van der Waals surface area contributed by atoms with Gasteiger partial charge in [-0.3, -0.25) is 0 Å². The zero-order valence-corrected chi connectivity index (χ0v) is 20.0. The smallest absolute Gasteiger partial charge is 0.744 e. The number of hydrogen-bond donors (Lipinski definition) is 0. The molecule has 0 aromatic heterocycles. The van der Waals surface area contributed by atoms with E-state index in [2.05, 4.69) is 0 Å². The maximum absolute atomic E-state index is 10.3. The molecule has 3 aromatic carbocycles. The van der Waals surface area contributed by atoms with Crippen LogP contribution in [-0.2, 0) is 30.4 Å². The zero-order chi connectivity index (χ0) is 22.8. The third-order valence-electron chi connectivity index (χ3n) is 3.10. The molecule has 0 heterocycles. The Morgan fingerprint density at radius 3 is 0.645 bits per heavy atom. The van der Waals surface area contributed by atoms with E-state index in [9.17, 15) is 38.9 Å². The maximum Gasteiger partial charge on any atom is 3.00 e. The van der Waals surface area contributed by atoms with E-state index in [1.165, 1.54) is 72.8 Å². The summed E-state index contributed by atoms with van der Waals surface area (Å²) >= 11 is 0. The molecular weight excluding hydrogens is 615 g/mol. The van der Waals surface area contributed by atoms with Gasteiger partial charge >= 0.3 is 38.6 Å². The van der Waals surface area contributed by atoms with Gasteiger partial charge in [0.15, 0.2) is 0 Å². The summed E-state index contributed by atoms with van der Waals surface area (Å²) in [6, 6.07) is 21.6. The van der Waals surface area contributed by atoms with Crippen LogP contribution >= 0.6 is 0 Å². The Morgan fingerprint density at radius 2 is 0.548 bits per heavy atom. The van der Waals surface area contributed by atoms with Gasteiger partial charge < -0.3 is 13.7 Å². The third-order valence-corrected chi connectivity index (χ3v) is 5.64. The predicted molar refractivity (Wildman–Crippen MR) is 103 cm³/mol. The molecule has 0 aliphatic carbocycles. The quantitative estimate of drug-likeness (QED) is 0.391. The van der Waals surface area contributed by atoms with Gasteiger partial charge in [-0.15, -0.1) is 0 Å². The van der Waals surface area contributed by atoms with Crippen LogP contribution in [0, 0.1) is 38.6 Å². The van der Waals surface area contributed by atoms with Gasteiger partial charge in [0.25, 0.3) is 0 Å². The van der Waals surface area contributed by atoms with Gasteiger partial charge in [-0.2, -0.15) is 0 Å². The molecule has 0 radical (unpaired) electrons. The molecule has 0 saturated heterocycles. The van der Waals surface area contributed by atoms with Crippen molar-refractivity contribution in [2.45, 2.75) is 14.7 Å². The molecular formula is C18H15O9S3Tb. The Morgan fingerprint density at radius 1 is 0.387 bits per heavy atom. The van der Waals surface area contributed by atoms with Crippen LogP contribution in [0.3, 0.4) is 0 Å². The molecule has 31 heavy (non-hydrogen) atoms. The first-order valence-electron chi connectivity index (χ1n) is 7.84. The summed E-state index contributed by atoms with van der Waals surface area (Å²) in [6.45, 7) is 0. The van der Waals surface area contributed by atoms with Crippen LogP contribution in [0.2, 0.25) is 0 Å². The van der Waals surface area contributed by atoms with E-state index >= 15 is 0 Å². The summed E-state index contributed by atoms with van der Waals surface area (Å²) < 4.78 is 92.5. The van der Waals surface area contributed by atoms with Crippen LogP contribution in [0.4, 0.5) is 0 Å². The predicted octanol–water partition coefficient (Wildman–Crippen LogP) is 1.77. The van der Waals surface area contributed by atoms with Crippen molar-refractivity contribution < 1.29 is 77.5 Å². The van der Waals surface area contributed by atoms with Gasteiger partial charge in [0.2, 0.25) is 0 Å². The molecule has 13 heteroatoms. The van der Waals surface area contributed by atoms with E-state index in [1.807, 2.05) is 0 Å². The van der Waals surface area contributed by atoms with Crippen molar-refractivity contribution in [3.8, 4) is 0 Å². The summed E-state index contributed by atoms with van der Waals surface area (Å²) in [6.07, 6.45) is 0. The fourth-order valence-corrected chi connectivity index (χ4v) is 3.23. The van der Waals surface area contributed by atoms with Gasteiger partial charge in [-0.1, -0.05) is 54.6 Å². The van der Waals surface area contributed by atoms with Crippen LogP contribution in [0.15, 0.2) is 106 Å². The summed E-state index contributed by atoms with van der Waals surface area (Å²) in [5, 5.41) is 0. The minimum absolute atomic E-state index is 0. The fourth-order valence-electron chi connectivity index (χ4n) is 1.76. The Hall–Kier alpha value is -1.32. The average molecular weight is 630 g/mol. The molecule has 0 N–H and O–H groups in total. The molecule has 0 spiro atoms. The SMILES string of the molecule is O=S(=O)([O-])c1ccccc1.O=S(=O)([O-])c1ccccc1.O=S(=O)([O-])c1ccccc1.[Tb+3]. The van der Waals surface area contributed by atoms with Crippen LogP contribution in [0.1, 0.15) is 0 Å². The molecule has 0 unspecified atom stereocenters. The second-order valence-electron chi connectivity index (χ2n) is 5.30. The Labute approximate surface area is 211 Å². The molecule has 0 aliphatic heterocycles. The number of rotatable bonds is 3. The first kappa shape index (κ1) is 29.7. The van der Waals surface area contributed by atoms with Crippen molar-refractivity contribution >= 4 is 30.4 Å². The Bertz CT molecular complexity index is 1070. The summed E-state index contributed by atoms with van der Waals surface area (Å²) in [7, 11) is -12.8. The molecule has 0 amide bonds. The van der Waals surface area contributed by atoms with Crippen molar-refractivity contribution in [2.75, 3.05) is 0 Å². The van der Waals surface area contributed by atoms with Crippen molar-refractivity contribution in [1.29, 1.82) is 0 Å². The molecule has 168 valence electrons. The summed E-state index contributed by atoms with van der Waals surface area (Å²) in [5.74, 6) is 0. The zero-order valence-electron chi connectivity index (χ0n) is 15.4. The van der Waals surface area contributed by atoms with Gasteiger partial charge in [0.05, 0.1) is 14.7 Å². The summed E-state index contributed by atoms with van der Waals surface area (Å²) in [4.78, 5) is -0.556. The minimum atomic E-state index is -4.25. The molecule has 0 aliphatic rings. The second-order valence-corrected chi connectivity index (χ2v) is 9.44.